The number of aromatic carboxylic acids is 1. The molecule has 0 amide bonds. The number of hydrogen-bond donors (Lipinski definition) is 1. The van der Waals surface area contributed by atoms with Crippen LogP contribution in [0, 0.1) is 15.9 Å². The molecule has 0 saturated heterocycles. The van der Waals surface area contributed by atoms with E-state index in [4.69, 9.17) is 9.84 Å². The van der Waals surface area contributed by atoms with E-state index in [-0.39, 0.29) is 12.4 Å². The second-order valence-electron chi connectivity index (χ2n) is 3.92. The Morgan fingerprint density at radius 3 is 2.68 bits per heavy atom. The van der Waals surface area contributed by atoms with Gasteiger partial charge in [0.15, 0.2) is 5.75 Å². The second-order valence-corrected chi connectivity index (χ2v) is 3.92. The average Bonchev–Trinajstić information content (AvgIpc) is 2.33. The zero-order valence-electron chi connectivity index (χ0n) is 10.4. The van der Waals surface area contributed by atoms with Crippen molar-refractivity contribution in [3.63, 3.8) is 0 Å². The molecule has 1 N–H and O–H groups in total. The molecular weight excluding hydrogens is 257 g/mol. The molecule has 0 bridgehead atoms. The second kappa shape index (κ2) is 6.67. The summed E-state index contributed by atoms with van der Waals surface area (Å²) in [7, 11) is 0. The largest absolute Gasteiger partial charge is 0.487 e. The van der Waals surface area contributed by atoms with Gasteiger partial charge >= 0.3 is 11.7 Å². The number of carboxylic acids is 1. The number of ether oxygens (including phenoxy) is 1. The van der Waals surface area contributed by atoms with Crippen LogP contribution < -0.4 is 4.74 Å². The zero-order chi connectivity index (χ0) is 14.4. The van der Waals surface area contributed by atoms with Crippen molar-refractivity contribution in [2.24, 2.45) is 0 Å². The summed E-state index contributed by atoms with van der Waals surface area (Å²) in [6, 6.07) is 1.42. The Hall–Kier alpha value is -2.18. The number of halogens is 1. The maximum Gasteiger partial charge on any atom is 0.338 e. The summed E-state index contributed by atoms with van der Waals surface area (Å²) in [6.45, 7) is 2.21. The number of unbranched alkanes of at least 4 members (excludes halogenated alkanes) is 2. The normalized spacial score (nSPS) is 10.2. The van der Waals surface area contributed by atoms with Crippen molar-refractivity contribution in [3.8, 4) is 5.75 Å². The maximum atomic E-state index is 13.4. The highest BCUT2D eigenvalue weighted by Gasteiger charge is 2.22. The van der Waals surface area contributed by atoms with Crippen LogP contribution in [0.25, 0.3) is 0 Å². The third kappa shape index (κ3) is 3.90. The van der Waals surface area contributed by atoms with Gasteiger partial charge in [0.2, 0.25) is 0 Å². The summed E-state index contributed by atoms with van der Waals surface area (Å²) in [4.78, 5) is 20.7. The quantitative estimate of drug-likeness (QED) is 0.467. The molecule has 0 aromatic heterocycles. The van der Waals surface area contributed by atoms with E-state index in [1.807, 2.05) is 6.92 Å². The molecule has 0 heterocycles. The smallest absolute Gasteiger partial charge is 0.338 e. The number of nitro benzene ring substituents is 1. The van der Waals surface area contributed by atoms with Crippen molar-refractivity contribution in [3.05, 3.63) is 33.6 Å². The SMILES string of the molecule is CCCCCOc1cc(F)c(C(=O)O)cc1[N+](=O)[O-]. The van der Waals surface area contributed by atoms with Gasteiger partial charge in [-0.3, -0.25) is 10.1 Å². The summed E-state index contributed by atoms with van der Waals surface area (Å²) >= 11 is 0. The highest BCUT2D eigenvalue weighted by atomic mass is 19.1. The van der Waals surface area contributed by atoms with E-state index in [1.54, 1.807) is 0 Å². The molecule has 0 atom stereocenters. The van der Waals surface area contributed by atoms with Gasteiger partial charge in [-0.05, 0) is 6.42 Å². The highest BCUT2D eigenvalue weighted by molar-refractivity contribution is 5.89. The van der Waals surface area contributed by atoms with Gasteiger partial charge in [-0.25, -0.2) is 9.18 Å². The molecule has 6 nitrogen and oxygen atoms in total. The number of nitro groups is 1. The van der Waals surface area contributed by atoms with Crippen molar-refractivity contribution in [2.75, 3.05) is 6.61 Å². The standard InChI is InChI=1S/C12H14FNO5/c1-2-3-4-5-19-11-7-9(13)8(12(15)16)6-10(11)14(17)18/h6-7H,2-5H2,1H3,(H,15,16). The number of benzene rings is 1. The molecule has 0 aliphatic rings. The van der Waals surface area contributed by atoms with Crippen LogP contribution in [-0.4, -0.2) is 22.6 Å². The number of hydrogen-bond acceptors (Lipinski definition) is 4. The van der Waals surface area contributed by atoms with Crippen molar-refractivity contribution >= 4 is 11.7 Å². The van der Waals surface area contributed by atoms with E-state index in [9.17, 15) is 19.3 Å². The molecular formula is C12H14FNO5. The van der Waals surface area contributed by atoms with E-state index in [1.165, 1.54) is 0 Å². The van der Waals surface area contributed by atoms with Gasteiger partial charge in [0, 0.05) is 12.1 Å². The number of nitrogens with zero attached hydrogens (tertiary/aromatic N) is 1. The number of rotatable bonds is 7. The van der Waals surface area contributed by atoms with Crippen molar-refractivity contribution < 1.29 is 24.0 Å². The van der Waals surface area contributed by atoms with Crippen LogP contribution in [0.4, 0.5) is 10.1 Å². The fraction of sp³-hybridized carbons (Fsp3) is 0.417. The first kappa shape index (κ1) is 14.9. The lowest BCUT2D eigenvalue weighted by Gasteiger charge is -2.07. The minimum atomic E-state index is -1.56. The molecule has 0 radical (unpaired) electrons. The van der Waals surface area contributed by atoms with E-state index in [0.29, 0.717) is 12.5 Å². The molecule has 0 saturated carbocycles. The van der Waals surface area contributed by atoms with Crippen LogP contribution in [0.5, 0.6) is 5.75 Å². The third-order valence-electron chi connectivity index (χ3n) is 2.48. The topological polar surface area (TPSA) is 89.7 Å². The van der Waals surface area contributed by atoms with Crippen LogP contribution in [-0.2, 0) is 0 Å². The average molecular weight is 271 g/mol. The van der Waals surface area contributed by atoms with E-state index in [0.717, 1.165) is 18.9 Å². The van der Waals surface area contributed by atoms with Gasteiger partial charge < -0.3 is 9.84 Å². The van der Waals surface area contributed by atoms with Crippen LogP contribution >= 0.6 is 0 Å². The summed E-state index contributed by atoms with van der Waals surface area (Å²) in [5.74, 6) is -2.86. The Balaban J connectivity index is 2.99. The lowest BCUT2D eigenvalue weighted by molar-refractivity contribution is -0.386. The molecule has 104 valence electrons. The van der Waals surface area contributed by atoms with Gasteiger partial charge in [-0.1, -0.05) is 19.8 Å². The Kier molecular flexibility index (Phi) is 5.23. The first-order chi connectivity index (χ1) is 8.97. The van der Waals surface area contributed by atoms with Gasteiger partial charge in [0.05, 0.1) is 11.5 Å². The minimum Gasteiger partial charge on any atom is -0.487 e. The first-order valence-corrected chi connectivity index (χ1v) is 5.81. The predicted octanol–water partition coefficient (Wildman–Crippen LogP) is 3.00. The molecule has 0 unspecified atom stereocenters. The fourth-order valence-corrected chi connectivity index (χ4v) is 1.50. The summed E-state index contributed by atoms with van der Waals surface area (Å²) in [5, 5.41) is 19.5. The number of carbonyl (C=O) groups is 1. The summed E-state index contributed by atoms with van der Waals surface area (Å²) in [5.41, 5.74) is -1.29. The summed E-state index contributed by atoms with van der Waals surface area (Å²) < 4.78 is 18.6. The summed E-state index contributed by atoms with van der Waals surface area (Å²) in [6.07, 6.45) is 2.54. The van der Waals surface area contributed by atoms with E-state index < -0.39 is 28.0 Å². The molecule has 1 rings (SSSR count). The van der Waals surface area contributed by atoms with Crippen LogP contribution in [0.15, 0.2) is 12.1 Å². The predicted molar refractivity (Wildman–Crippen MR) is 65.0 cm³/mol. The van der Waals surface area contributed by atoms with E-state index >= 15 is 0 Å². The highest BCUT2D eigenvalue weighted by Crippen LogP contribution is 2.30. The molecule has 1 aromatic rings. The van der Waals surface area contributed by atoms with Crippen molar-refractivity contribution in [1.82, 2.24) is 0 Å². The number of carboxylic acid groups (broad SMARTS) is 1. The third-order valence-corrected chi connectivity index (χ3v) is 2.48. The first-order valence-electron chi connectivity index (χ1n) is 5.81. The molecule has 19 heavy (non-hydrogen) atoms. The molecule has 0 aliphatic carbocycles. The monoisotopic (exact) mass is 271 g/mol. The zero-order valence-corrected chi connectivity index (χ0v) is 10.4. The molecule has 0 spiro atoms. The van der Waals surface area contributed by atoms with E-state index in [2.05, 4.69) is 0 Å². The Bertz CT molecular complexity index is 489. The Labute approximate surface area is 109 Å². The molecule has 0 fully saturated rings. The maximum absolute atomic E-state index is 13.4. The lowest BCUT2D eigenvalue weighted by atomic mass is 10.1. The van der Waals surface area contributed by atoms with Gasteiger partial charge in [0.1, 0.15) is 11.4 Å². The molecule has 7 heteroatoms. The Morgan fingerprint density at radius 1 is 1.47 bits per heavy atom. The van der Waals surface area contributed by atoms with Crippen LogP contribution in [0.3, 0.4) is 0 Å². The van der Waals surface area contributed by atoms with Crippen molar-refractivity contribution in [1.29, 1.82) is 0 Å². The van der Waals surface area contributed by atoms with Gasteiger partial charge in [-0.2, -0.15) is 0 Å². The van der Waals surface area contributed by atoms with Crippen LogP contribution in [0.1, 0.15) is 36.5 Å². The van der Waals surface area contributed by atoms with Crippen LogP contribution in [0.2, 0.25) is 0 Å². The van der Waals surface area contributed by atoms with Gasteiger partial charge in [0.25, 0.3) is 0 Å². The van der Waals surface area contributed by atoms with Gasteiger partial charge in [-0.15, -0.1) is 0 Å². The molecule has 1 aromatic carbocycles. The van der Waals surface area contributed by atoms with Crippen molar-refractivity contribution in [2.45, 2.75) is 26.2 Å². The molecule has 0 aliphatic heterocycles. The Morgan fingerprint density at radius 2 is 2.16 bits per heavy atom. The fourth-order valence-electron chi connectivity index (χ4n) is 1.50. The lowest BCUT2D eigenvalue weighted by Crippen LogP contribution is -2.06. The minimum absolute atomic E-state index is 0.223.